The molecule has 3 aromatic rings. The Labute approximate surface area is 233 Å². The number of carbonyl (C=O) groups is 3. The summed E-state index contributed by atoms with van der Waals surface area (Å²) in [6.45, 7) is 8.06. The molecule has 1 aromatic heterocycles. The minimum absolute atomic E-state index is 0.0153. The Bertz CT molecular complexity index is 1270. The van der Waals surface area contributed by atoms with Crippen molar-refractivity contribution < 1.29 is 23.9 Å². The van der Waals surface area contributed by atoms with Crippen molar-refractivity contribution in [1.29, 1.82) is 0 Å². The molecule has 0 radical (unpaired) electrons. The smallest absolute Gasteiger partial charge is 0.407 e. The van der Waals surface area contributed by atoms with Crippen LogP contribution in [-0.4, -0.2) is 39.7 Å². The van der Waals surface area contributed by atoms with E-state index >= 15 is 0 Å². The first-order valence-electron chi connectivity index (χ1n) is 12.9. The lowest BCUT2D eigenvalue weighted by Gasteiger charge is -2.19. The van der Waals surface area contributed by atoms with E-state index in [0.29, 0.717) is 18.1 Å². The third-order valence-electron chi connectivity index (χ3n) is 5.69. The molecular weight excluding hydrogens is 520 g/mol. The number of alkyl carbamates (subject to hydrolysis) is 1. The Morgan fingerprint density at radius 3 is 2.46 bits per heavy atom. The molecule has 39 heavy (non-hydrogen) atoms. The minimum atomic E-state index is -0.644. The van der Waals surface area contributed by atoms with Crippen molar-refractivity contribution >= 4 is 35.5 Å². The number of nitrogens with zero attached hydrogens (tertiary/aromatic N) is 2. The summed E-state index contributed by atoms with van der Waals surface area (Å²) in [6.07, 6.45) is 3.56. The zero-order valence-electron chi connectivity index (χ0n) is 22.7. The van der Waals surface area contributed by atoms with Crippen LogP contribution in [0.25, 0.3) is 0 Å². The summed E-state index contributed by atoms with van der Waals surface area (Å²) in [5, 5.41) is 5.80. The van der Waals surface area contributed by atoms with Gasteiger partial charge >= 0.3 is 12.1 Å². The number of aromatic nitrogens is 2. The van der Waals surface area contributed by atoms with Crippen LogP contribution in [0.5, 0.6) is 0 Å². The van der Waals surface area contributed by atoms with Gasteiger partial charge in [0.25, 0.3) is 5.91 Å². The van der Waals surface area contributed by atoms with Crippen LogP contribution < -0.4 is 10.6 Å². The molecule has 1 heterocycles. The fourth-order valence-corrected chi connectivity index (χ4v) is 3.94. The third kappa shape index (κ3) is 9.76. The molecule has 208 valence electrons. The standard InChI is InChI=1S/C29H35ClN4O5/c1-20(11-8-9-16-31-28(37)38-19-21-12-6-5-7-13-21)34-18-24(30)32-27(34)33-25(35)22-14-10-15-23(17-22)26(36)39-29(2,3)4/h5-7,10,12-15,17-18,20H,8-9,11,16,19H2,1-4H3,(H,31,37)(H,32,33,35)/t20-/m0/s1. The van der Waals surface area contributed by atoms with Gasteiger partial charge in [-0.05, 0) is 70.7 Å². The molecule has 3 rings (SSSR count). The highest BCUT2D eigenvalue weighted by Crippen LogP contribution is 2.24. The first-order valence-corrected chi connectivity index (χ1v) is 13.2. The number of halogens is 1. The molecule has 0 fully saturated rings. The SMILES string of the molecule is C[C@@H](CCCCNC(=O)OCc1ccccc1)n1cc(Cl)nc1NC(=O)c1cccc(C(=O)OC(C)(C)C)c1. The van der Waals surface area contributed by atoms with Crippen molar-refractivity contribution in [3.8, 4) is 0 Å². The second-order valence-corrected chi connectivity index (χ2v) is 10.6. The number of carbonyl (C=O) groups excluding carboxylic acids is 3. The van der Waals surface area contributed by atoms with E-state index in [1.807, 2.05) is 37.3 Å². The highest BCUT2D eigenvalue weighted by Gasteiger charge is 2.20. The highest BCUT2D eigenvalue weighted by atomic mass is 35.5. The molecule has 2 amide bonds. The fourth-order valence-electron chi connectivity index (χ4n) is 3.76. The predicted molar refractivity (Wildman–Crippen MR) is 150 cm³/mol. The van der Waals surface area contributed by atoms with Gasteiger partial charge in [-0.1, -0.05) is 48.0 Å². The van der Waals surface area contributed by atoms with Gasteiger partial charge in [-0.3, -0.25) is 10.1 Å². The Morgan fingerprint density at radius 2 is 1.74 bits per heavy atom. The topological polar surface area (TPSA) is 112 Å². The number of ether oxygens (including phenoxy) is 2. The highest BCUT2D eigenvalue weighted by molar-refractivity contribution is 6.29. The number of imidazole rings is 1. The average Bonchev–Trinajstić information content (AvgIpc) is 3.26. The van der Waals surface area contributed by atoms with Gasteiger partial charge in [-0.15, -0.1) is 0 Å². The number of anilines is 1. The summed E-state index contributed by atoms with van der Waals surface area (Å²) in [5.74, 6) is -0.619. The van der Waals surface area contributed by atoms with Crippen LogP contribution in [0, 0.1) is 0 Å². The lowest BCUT2D eigenvalue weighted by Crippen LogP contribution is -2.25. The summed E-state index contributed by atoms with van der Waals surface area (Å²) >= 11 is 6.15. The molecule has 2 aromatic carbocycles. The van der Waals surface area contributed by atoms with Gasteiger partial charge in [0.1, 0.15) is 17.4 Å². The van der Waals surface area contributed by atoms with Crippen LogP contribution in [0.1, 0.15) is 79.3 Å². The molecule has 0 aliphatic carbocycles. The number of nitrogens with one attached hydrogen (secondary N) is 2. The summed E-state index contributed by atoms with van der Waals surface area (Å²) in [4.78, 5) is 41.5. The second-order valence-electron chi connectivity index (χ2n) is 10.2. The summed E-state index contributed by atoms with van der Waals surface area (Å²) < 4.78 is 12.4. The van der Waals surface area contributed by atoms with Gasteiger partial charge < -0.3 is 19.4 Å². The summed E-state index contributed by atoms with van der Waals surface area (Å²) in [7, 11) is 0. The Kier molecular flexibility index (Phi) is 10.5. The maximum atomic E-state index is 13.0. The number of unbranched alkanes of at least 4 members (excludes halogenated alkanes) is 1. The maximum absolute atomic E-state index is 13.0. The quantitative estimate of drug-likeness (QED) is 0.209. The lowest BCUT2D eigenvalue weighted by atomic mass is 10.1. The van der Waals surface area contributed by atoms with Crippen LogP contribution in [0.4, 0.5) is 10.7 Å². The number of benzene rings is 2. The third-order valence-corrected chi connectivity index (χ3v) is 5.88. The zero-order chi connectivity index (χ0) is 28.4. The van der Waals surface area contributed by atoms with Crippen molar-refractivity contribution in [2.75, 3.05) is 11.9 Å². The van der Waals surface area contributed by atoms with Crippen LogP contribution in [0.2, 0.25) is 5.15 Å². The van der Waals surface area contributed by atoms with Crippen molar-refractivity contribution in [3.05, 3.63) is 82.6 Å². The van der Waals surface area contributed by atoms with Gasteiger partial charge in [0, 0.05) is 24.3 Å². The molecule has 9 nitrogen and oxygen atoms in total. The van der Waals surface area contributed by atoms with Crippen LogP contribution in [0.3, 0.4) is 0 Å². The van der Waals surface area contributed by atoms with E-state index < -0.39 is 23.6 Å². The van der Waals surface area contributed by atoms with Crippen LogP contribution >= 0.6 is 11.6 Å². The van der Waals surface area contributed by atoms with E-state index in [-0.39, 0.29) is 23.4 Å². The zero-order valence-corrected chi connectivity index (χ0v) is 23.5. The number of esters is 1. The fraction of sp³-hybridized carbons (Fsp3) is 0.379. The molecule has 0 saturated carbocycles. The molecule has 0 saturated heterocycles. The Morgan fingerprint density at radius 1 is 1.03 bits per heavy atom. The molecule has 0 aliphatic heterocycles. The van der Waals surface area contributed by atoms with E-state index in [0.717, 1.165) is 24.8 Å². The lowest BCUT2D eigenvalue weighted by molar-refractivity contribution is 0.00694. The number of rotatable bonds is 11. The second kappa shape index (κ2) is 13.8. The molecule has 10 heteroatoms. The van der Waals surface area contributed by atoms with E-state index in [2.05, 4.69) is 15.6 Å². The van der Waals surface area contributed by atoms with Crippen molar-refractivity contribution in [2.24, 2.45) is 0 Å². The normalized spacial score (nSPS) is 11.9. The van der Waals surface area contributed by atoms with Gasteiger partial charge in [-0.2, -0.15) is 0 Å². The van der Waals surface area contributed by atoms with E-state index in [4.69, 9.17) is 21.1 Å². The van der Waals surface area contributed by atoms with Gasteiger partial charge in [0.05, 0.1) is 5.56 Å². The Hall–Kier alpha value is -3.85. The van der Waals surface area contributed by atoms with Gasteiger partial charge in [0.2, 0.25) is 5.95 Å². The number of amides is 2. The Balaban J connectivity index is 1.48. The molecule has 0 unspecified atom stereocenters. The average molecular weight is 555 g/mol. The van der Waals surface area contributed by atoms with Crippen molar-refractivity contribution in [1.82, 2.24) is 14.9 Å². The number of hydrogen-bond acceptors (Lipinski definition) is 6. The summed E-state index contributed by atoms with van der Waals surface area (Å²) in [5.41, 5.74) is 0.861. The minimum Gasteiger partial charge on any atom is -0.456 e. The van der Waals surface area contributed by atoms with Crippen molar-refractivity contribution in [2.45, 2.75) is 65.2 Å². The molecule has 0 aliphatic rings. The van der Waals surface area contributed by atoms with Crippen LogP contribution in [-0.2, 0) is 16.1 Å². The molecule has 2 N–H and O–H groups in total. The van der Waals surface area contributed by atoms with Gasteiger partial charge in [-0.25, -0.2) is 14.6 Å². The molecular formula is C29H35ClN4O5. The first kappa shape index (κ1) is 29.7. The van der Waals surface area contributed by atoms with E-state index in [1.165, 1.54) is 6.07 Å². The maximum Gasteiger partial charge on any atom is 0.407 e. The van der Waals surface area contributed by atoms with Gasteiger partial charge in [0.15, 0.2) is 0 Å². The molecule has 0 spiro atoms. The largest absolute Gasteiger partial charge is 0.456 e. The number of hydrogen-bond donors (Lipinski definition) is 2. The predicted octanol–water partition coefficient (Wildman–Crippen LogP) is 6.40. The van der Waals surface area contributed by atoms with Crippen molar-refractivity contribution in [3.63, 3.8) is 0 Å². The summed E-state index contributed by atoms with van der Waals surface area (Å²) in [6, 6.07) is 15.8. The van der Waals surface area contributed by atoms with E-state index in [9.17, 15) is 14.4 Å². The monoisotopic (exact) mass is 554 g/mol. The first-order chi connectivity index (χ1) is 18.5. The van der Waals surface area contributed by atoms with E-state index in [1.54, 1.807) is 49.7 Å². The van der Waals surface area contributed by atoms with Crippen LogP contribution in [0.15, 0.2) is 60.8 Å². The molecule has 1 atom stereocenters. The molecule has 0 bridgehead atoms.